The number of aromatic nitrogens is 5. The monoisotopic (exact) mass is 779 g/mol. The maximum absolute atomic E-state index is 13.3. The second-order valence-corrected chi connectivity index (χ2v) is 16.8. The van der Waals surface area contributed by atoms with Gasteiger partial charge in [-0.2, -0.15) is 10.1 Å². The molecule has 7 heterocycles. The summed E-state index contributed by atoms with van der Waals surface area (Å²) in [4.78, 5) is 48.0. The van der Waals surface area contributed by atoms with Gasteiger partial charge in [-0.05, 0) is 73.9 Å². The fourth-order valence-corrected chi connectivity index (χ4v) is 9.44. The lowest BCUT2D eigenvalue weighted by atomic mass is 9.72. The molecule has 0 radical (unpaired) electrons. The largest absolute Gasteiger partial charge is 0.489 e. The lowest BCUT2D eigenvalue weighted by Gasteiger charge is -2.61. The molecule has 4 N–H and O–H groups in total. The summed E-state index contributed by atoms with van der Waals surface area (Å²) in [5, 5.41) is 17.0. The van der Waals surface area contributed by atoms with Crippen LogP contribution in [0.5, 0.6) is 5.75 Å². The molecule has 0 aliphatic carbocycles. The highest BCUT2D eigenvalue weighted by Crippen LogP contribution is 2.43. The Morgan fingerprint density at radius 1 is 1.04 bits per heavy atom. The number of piperidine rings is 1. The Hall–Kier alpha value is -5.85. The molecule has 5 aromatic rings. The van der Waals surface area contributed by atoms with Crippen LogP contribution >= 0.6 is 0 Å². The zero-order valence-electron chi connectivity index (χ0n) is 30.9. The third-order valence-corrected chi connectivity index (χ3v) is 12.5. The molecular weight excluding hydrogens is 739 g/mol. The van der Waals surface area contributed by atoms with Crippen LogP contribution in [0, 0.1) is 12.3 Å². The highest BCUT2D eigenvalue weighted by Gasteiger charge is 2.51. The van der Waals surface area contributed by atoms with Crippen molar-refractivity contribution in [3.63, 3.8) is 0 Å². The second kappa shape index (κ2) is 13.7. The number of aromatic amines is 1. The molecule has 4 aliphatic heterocycles. The number of fused-ring (bicyclic) bond motifs is 2. The van der Waals surface area contributed by atoms with E-state index in [2.05, 4.69) is 45.4 Å². The topological polar surface area (TPSA) is 199 Å². The number of carbonyl (C=O) groups is 3. The SMILES string of the molecule is CCOc1c(-c2cn[nH]c2)ccn2nc(Nc3ccc(S(=O)(=O)NCCN4CC5(C4)CN(c4ccc6c(c4)CN(C4CCC(=O)NC4=O)C6=O)C5)cc3C)nc12. The number of likely N-dealkylation sites (tertiary alicyclic amines) is 1. The minimum atomic E-state index is -3.74. The van der Waals surface area contributed by atoms with Crippen molar-refractivity contribution in [2.45, 2.75) is 44.2 Å². The summed E-state index contributed by atoms with van der Waals surface area (Å²) in [6.07, 6.45) is 5.87. The Morgan fingerprint density at radius 3 is 2.62 bits per heavy atom. The van der Waals surface area contributed by atoms with Crippen LogP contribution in [0.3, 0.4) is 0 Å². The predicted octanol–water partition coefficient (Wildman–Crippen LogP) is 2.43. The fourth-order valence-electron chi connectivity index (χ4n) is 8.34. The number of amides is 3. The molecule has 3 saturated heterocycles. The van der Waals surface area contributed by atoms with Crippen LogP contribution < -0.4 is 25.0 Å². The van der Waals surface area contributed by atoms with Crippen molar-refractivity contribution in [2.75, 3.05) is 56.1 Å². The van der Waals surface area contributed by atoms with E-state index in [4.69, 9.17) is 4.74 Å². The first kappa shape index (κ1) is 35.8. The van der Waals surface area contributed by atoms with Crippen molar-refractivity contribution in [3.8, 4) is 16.9 Å². The molecule has 1 spiro atoms. The molecule has 290 valence electrons. The normalized spacial score (nSPS) is 19.2. The van der Waals surface area contributed by atoms with Gasteiger partial charge in [0.15, 0.2) is 11.4 Å². The van der Waals surface area contributed by atoms with Crippen LogP contribution in [0.15, 0.2) is 66.0 Å². The Labute approximate surface area is 322 Å². The van der Waals surface area contributed by atoms with Gasteiger partial charge in [-0.15, -0.1) is 5.10 Å². The molecule has 1 unspecified atom stereocenters. The molecular formula is C38H41N11O6S. The number of hydrogen-bond donors (Lipinski definition) is 4. The maximum atomic E-state index is 13.3. The number of sulfonamides is 1. The van der Waals surface area contributed by atoms with E-state index in [1.54, 1.807) is 46.2 Å². The third-order valence-electron chi connectivity index (χ3n) is 11.1. The van der Waals surface area contributed by atoms with Crippen molar-refractivity contribution in [1.82, 2.24) is 44.6 Å². The first-order valence-electron chi connectivity index (χ1n) is 18.6. The fraction of sp³-hybridized carbons (Fsp3) is 0.368. The summed E-state index contributed by atoms with van der Waals surface area (Å²) in [7, 11) is -3.74. The molecule has 1 atom stereocenters. The van der Waals surface area contributed by atoms with Crippen LogP contribution in [-0.2, 0) is 26.2 Å². The van der Waals surface area contributed by atoms with Crippen LogP contribution in [0.25, 0.3) is 16.8 Å². The quantitative estimate of drug-likeness (QED) is 0.135. The average molecular weight is 780 g/mol. The molecule has 3 aromatic heterocycles. The summed E-state index contributed by atoms with van der Waals surface area (Å²) in [5.74, 6) is 0.0397. The number of benzene rings is 2. The second-order valence-electron chi connectivity index (χ2n) is 15.0. The summed E-state index contributed by atoms with van der Waals surface area (Å²) in [5.41, 5.74) is 6.34. The molecule has 0 saturated carbocycles. The number of carbonyl (C=O) groups excluding carboxylic acids is 3. The van der Waals surface area contributed by atoms with Gasteiger partial charge in [0.25, 0.3) is 5.91 Å². The Bertz CT molecular complexity index is 2490. The summed E-state index contributed by atoms with van der Waals surface area (Å²) >= 11 is 0. The van der Waals surface area contributed by atoms with Crippen molar-refractivity contribution >= 4 is 50.7 Å². The van der Waals surface area contributed by atoms with E-state index in [1.807, 2.05) is 38.1 Å². The number of rotatable bonds is 12. The number of anilines is 3. The van der Waals surface area contributed by atoms with E-state index in [-0.39, 0.29) is 35.1 Å². The minimum Gasteiger partial charge on any atom is -0.489 e. The van der Waals surface area contributed by atoms with E-state index < -0.39 is 22.0 Å². The van der Waals surface area contributed by atoms with E-state index in [0.717, 1.165) is 54.1 Å². The van der Waals surface area contributed by atoms with Gasteiger partial charge in [0.05, 0.1) is 17.7 Å². The number of nitrogens with one attached hydrogen (secondary N) is 4. The first-order chi connectivity index (χ1) is 27.0. The number of pyridine rings is 1. The van der Waals surface area contributed by atoms with Gasteiger partial charge < -0.3 is 24.8 Å². The van der Waals surface area contributed by atoms with Crippen LogP contribution in [0.4, 0.5) is 17.3 Å². The molecule has 3 amide bonds. The zero-order valence-corrected chi connectivity index (χ0v) is 31.7. The Balaban J connectivity index is 0.760. The van der Waals surface area contributed by atoms with E-state index in [1.165, 1.54) is 0 Å². The van der Waals surface area contributed by atoms with Gasteiger partial charge in [0.2, 0.25) is 27.8 Å². The molecule has 56 heavy (non-hydrogen) atoms. The number of hydrogen-bond acceptors (Lipinski definition) is 12. The lowest BCUT2D eigenvalue weighted by Crippen LogP contribution is -2.72. The third kappa shape index (κ3) is 6.42. The minimum absolute atomic E-state index is 0.162. The smallest absolute Gasteiger partial charge is 0.255 e. The van der Waals surface area contributed by atoms with Gasteiger partial charge in [-0.25, -0.2) is 17.7 Å². The van der Waals surface area contributed by atoms with Crippen LogP contribution in [0.1, 0.15) is 41.3 Å². The van der Waals surface area contributed by atoms with Crippen molar-refractivity contribution < 1.29 is 27.5 Å². The summed E-state index contributed by atoms with van der Waals surface area (Å²) < 4.78 is 36.9. The van der Waals surface area contributed by atoms with Crippen molar-refractivity contribution in [3.05, 3.63) is 77.7 Å². The number of nitrogens with zero attached hydrogens (tertiary/aromatic N) is 7. The number of H-pyrrole nitrogens is 1. The molecule has 3 fully saturated rings. The number of aryl methyl sites for hydroxylation is 1. The van der Waals surface area contributed by atoms with Gasteiger partial charge in [0.1, 0.15) is 6.04 Å². The highest BCUT2D eigenvalue weighted by atomic mass is 32.2. The molecule has 9 rings (SSSR count). The van der Waals surface area contributed by atoms with Gasteiger partial charge in [-0.3, -0.25) is 24.8 Å². The van der Waals surface area contributed by atoms with Gasteiger partial charge in [-0.1, -0.05) is 0 Å². The van der Waals surface area contributed by atoms with Crippen molar-refractivity contribution in [1.29, 1.82) is 0 Å². The number of imide groups is 1. The predicted molar refractivity (Wildman–Crippen MR) is 205 cm³/mol. The first-order valence-corrected chi connectivity index (χ1v) is 20.1. The molecule has 2 aromatic carbocycles. The summed E-state index contributed by atoms with van der Waals surface area (Å²) in [6, 6.07) is 12.0. The van der Waals surface area contributed by atoms with Crippen LogP contribution in [-0.4, -0.2) is 113 Å². The molecule has 17 nitrogen and oxygen atoms in total. The standard InChI is InChI=1S/C38H41N11O6S/c1-3-55-33-28(25-16-39-40-17-25)10-12-49-34(33)44-37(45-49)42-30-7-5-27(14-23(30)2)56(53,54)41-11-13-46-19-38(20-46)21-47(22-38)26-4-6-29-24(15-26)18-48(36(29)52)31-8-9-32(50)43-35(31)51/h4-7,10,12,14-17,31,41H,3,8-9,11,13,18-22H2,1-2H3,(H,39,40)(H,42,45)(H,43,50,51). The highest BCUT2D eigenvalue weighted by molar-refractivity contribution is 7.89. The van der Waals surface area contributed by atoms with Crippen LogP contribution in [0.2, 0.25) is 0 Å². The summed E-state index contributed by atoms with van der Waals surface area (Å²) in [6.45, 7) is 8.94. The maximum Gasteiger partial charge on any atom is 0.255 e. The van der Waals surface area contributed by atoms with E-state index in [0.29, 0.717) is 54.7 Å². The molecule has 0 bridgehead atoms. The zero-order chi connectivity index (χ0) is 38.8. The lowest BCUT2D eigenvalue weighted by molar-refractivity contribution is -0.136. The molecule has 18 heteroatoms. The Morgan fingerprint density at radius 2 is 1.88 bits per heavy atom. The van der Waals surface area contributed by atoms with Gasteiger partial charge >= 0.3 is 0 Å². The number of ether oxygens (including phenoxy) is 1. The Kier molecular flexibility index (Phi) is 8.77. The van der Waals surface area contributed by atoms with Gasteiger partial charge in [0, 0.05) is 98.1 Å². The van der Waals surface area contributed by atoms with Crippen molar-refractivity contribution in [2.24, 2.45) is 5.41 Å². The average Bonchev–Trinajstić information content (AvgIpc) is 3.89. The molecule has 4 aliphatic rings. The van der Waals surface area contributed by atoms with E-state index in [9.17, 15) is 22.8 Å². The van der Waals surface area contributed by atoms with E-state index >= 15 is 0 Å².